The van der Waals surface area contributed by atoms with Crippen LogP contribution in [0.1, 0.15) is 18.5 Å². The highest BCUT2D eigenvalue weighted by Crippen LogP contribution is 2.23. The second kappa shape index (κ2) is 8.77. The normalized spacial score (nSPS) is 12.1. The zero-order valence-corrected chi connectivity index (χ0v) is 16.6. The smallest absolute Gasteiger partial charge is 0.241 e. The molecule has 0 bridgehead atoms. The lowest BCUT2D eigenvalue weighted by Crippen LogP contribution is -2.41. The molecule has 146 valence electrons. The van der Waals surface area contributed by atoms with E-state index in [4.69, 9.17) is 9.47 Å². The summed E-state index contributed by atoms with van der Waals surface area (Å²) in [6.45, 7) is 1.50. The lowest BCUT2D eigenvalue weighted by atomic mass is 10.1. The van der Waals surface area contributed by atoms with Crippen LogP contribution in [0.5, 0.6) is 11.5 Å². The van der Waals surface area contributed by atoms with Gasteiger partial charge in [0.1, 0.15) is 18.0 Å². The van der Waals surface area contributed by atoms with E-state index in [0.29, 0.717) is 11.4 Å². The van der Waals surface area contributed by atoms with E-state index in [-0.39, 0.29) is 12.6 Å². The molecule has 0 unspecified atom stereocenters. The number of rotatable bonds is 8. The summed E-state index contributed by atoms with van der Waals surface area (Å²) < 4.78 is 35.7. The van der Waals surface area contributed by atoms with Crippen molar-refractivity contribution in [1.29, 1.82) is 0 Å². The van der Waals surface area contributed by atoms with Crippen LogP contribution in [0.15, 0.2) is 48.5 Å². The highest BCUT2D eigenvalue weighted by atomic mass is 32.2. The predicted molar refractivity (Wildman–Crippen MR) is 105 cm³/mol. The number of ether oxygens (including phenoxy) is 2. The van der Waals surface area contributed by atoms with E-state index in [0.717, 1.165) is 21.9 Å². The maximum atomic E-state index is 12.5. The molecule has 1 atom stereocenters. The third kappa shape index (κ3) is 5.62. The third-order valence-electron chi connectivity index (χ3n) is 4.02. The second-order valence-electron chi connectivity index (χ2n) is 6.03. The van der Waals surface area contributed by atoms with E-state index < -0.39 is 15.9 Å². The van der Waals surface area contributed by atoms with Crippen molar-refractivity contribution in [3.8, 4) is 11.5 Å². The number of hydrogen-bond acceptors (Lipinski definition) is 5. The molecule has 27 heavy (non-hydrogen) atoms. The molecule has 2 aromatic carbocycles. The quantitative estimate of drug-likeness (QED) is 0.745. The summed E-state index contributed by atoms with van der Waals surface area (Å²) in [4.78, 5) is 12.5. The summed E-state index contributed by atoms with van der Waals surface area (Å²) in [6, 6.07) is 13.6. The van der Waals surface area contributed by atoms with E-state index in [1.165, 1.54) is 7.11 Å². The zero-order valence-electron chi connectivity index (χ0n) is 15.8. The Balaban J connectivity index is 2.13. The molecule has 2 aromatic rings. The molecule has 0 spiro atoms. The van der Waals surface area contributed by atoms with Gasteiger partial charge in [0.25, 0.3) is 0 Å². The van der Waals surface area contributed by atoms with Gasteiger partial charge in [-0.15, -0.1) is 0 Å². The van der Waals surface area contributed by atoms with Gasteiger partial charge in [-0.3, -0.25) is 9.10 Å². The van der Waals surface area contributed by atoms with Crippen molar-refractivity contribution in [3.05, 3.63) is 54.1 Å². The number of sulfonamides is 1. The van der Waals surface area contributed by atoms with Crippen molar-refractivity contribution < 1.29 is 22.7 Å². The summed E-state index contributed by atoms with van der Waals surface area (Å²) >= 11 is 0. The van der Waals surface area contributed by atoms with Crippen LogP contribution in [-0.4, -0.2) is 41.3 Å². The number of benzene rings is 2. The van der Waals surface area contributed by atoms with E-state index in [1.54, 1.807) is 43.5 Å². The van der Waals surface area contributed by atoms with E-state index in [9.17, 15) is 13.2 Å². The Morgan fingerprint density at radius 3 is 2.26 bits per heavy atom. The molecule has 0 radical (unpaired) electrons. The Bertz CT molecular complexity index is 881. The van der Waals surface area contributed by atoms with Crippen LogP contribution in [0.2, 0.25) is 0 Å². The van der Waals surface area contributed by atoms with Crippen LogP contribution in [0, 0.1) is 0 Å². The van der Waals surface area contributed by atoms with Crippen LogP contribution in [0.25, 0.3) is 0 Å². The molecule has 2 rings (SSSR count). The number of nitrogens with one attached hydrogen (secondary N) is 1. The molecule has 0 aliphatic heterocycles. The number of methoxy groups -OCH3 is 2. The van der Waals surface area contributed by atoms with Gasteiger partial charge in [-0.2, -0.15) is 0 Å². The van der Waals surface area contributed by atoms with Crippen LogP contribution in [-0.2, 0) is 14.8 Å². The van der Waals surface area contributed by atoms with Crippen LogP contribution in [0.3, 0.4) is 0 Å². The Labute approximate surface area is 160 Å². The number of hydrogen-bond donors (Lipinski definition) is 1. The molecule has 0 saturated carbocycles. The molecule has 0 aliphatic rings. The van der Waals surface area contributed by atoms with Crippen molar-refractivity contribution in [2.75, 3.05) is 31.3 Å². The molecule has 0 saturated heterocycles. The number of carbonyl (C=O) groups is 1. The Morgan fingerprint density at radius 2 is 1.70 bits per heavy atom. The molecular formula is C19H24N2O5S. The minimum absolute atomic E-state index is 0.282. The summed E-state index contributed by atoms with van der Waals surface area (Å²) in [5.41, 5.74) is 1.25. The van der Waals surface area contributed by atoms with Gasteiger partial charge in [0, 0.05) is 6.07 Å². The van der Waals surface area contributed by atoms with Gasteiger partial charge < -0.3 is 14.8 Å². The monoisotopic (exact) mass is 392 g/mol. The summed E-state index contributed by atoms with van der Waals surface area (Å²) in [5, 5.41) is 2.82. The molecule has 0 fully saturated rings. The molecular weight excluding hydrogens is 368 g/mol. The summed E-state index contributed by atoms with van der Waals surface area (Å²) in [7, 11) is -0.572. The average molecular weight is 392 g/mol. The number of carbonyl (C=O) groups excluding carboxylic acids is 1. The van der Waals surface area contributed by atoms with Crippen molar-refractivity contribution in [2.45, 2.75) is 13.0 Å². The maximum absolute atomic E-state index is 12.5. The fourth-order valence-electron chi connectivity index (χ4n) is 2.56. The van der Waals surface area contributed by atoms with Gasteiger partial charge in [-0.25, -0.2) is 8.42 Å². The van der Waals surface area contributed by atoms with Crippen LogP contribution < -0.4 is 19.1 Å². The molecule has 1 amide bonds. The topological polar surface area (TPSA) is 84.9 Å². The first kappa shape index (κ1) is 20.6. The highest BCUT2D eigenvalue weighted by molar-refractivity contribution is 7.92. The van der Waals surface area contributed by atoms with E-state index >= 15 is 0 Å². The maximum Gasteiger partial charge on any atom is 0.241 e. The van der Waals surface area contributed by atoms with Gasteiger partial charge in [0.15, 0.2) is 0 Å². The van der Waals surface area contributed by atoms with Gasteiger partial charge in [-0.05, 0) is 36.8 Å². The van der Waals surface area contributed by atoms with Gasteiger partial charge in [0.05, 0.1) is 32.2 Å². The van der Waals surface area contributed by atoms with E-state index in [2.05, 4.69) is 5.32 Å². The Hall–Kier alpha value is -2.74. The fraction of sp³-hybridized carbons (Fsp3) is 0.316. The average Bonchev–Trinajstić information content (AvgIpc) is 2.65. The zero-order chi connectivity index (χ0) is 20.0. The third-order valence-corrected chi connectivity index (χ3v) is 5.16. The standard InChI is InChI=1S/C19H24N2O5S/c1-14(15-8-10-17(25-2)11-9-15)20-19(22)13-21(27(4,23)24)16-6-5-7-18(12-16)26-3/h5-12,14H,13H2,1-4H3,(H,20,22)/t14-/m0/s1. The van der Waals surface area contributed by atoms with Crippen LogP contribution in [0.4, 0.5) is 5.69 Å². The summed E-state index contributed by atoms with van der Waals surface area (Å²) in [6.07, 6.45) is 1.06. The largest absolute Gasteiger partial charge is 0.497 e. The van der Waals surface area contributed by atoms with Crippen molar-refractivity contribution in [2.24, 2.45) is 0 Å². The van der Waals surface area contributed by atoms with Gasteiger partial charge >= 0.3 is 0 Å². The Kier molecular flexibility index (Phi) is 6.68. The molecule has 7 nitrogen and oxygen atoms in total. The minimum atomic E-state index is -3.65. The summed E-state index contributed by atoms with van der Waals surface area (Å²) in [5.74, 6) is 0.818. The van der Waals surface area contributed by atoms with Gasteiger partial charge in [0.2, 0.25) is 15.9 Å². The lowest BCUT2D eigenvalue weighted by Gasteiger charge is -2.23. The first-order valence-corrected chi connectivity index (χ1v) is 10.1. The number of amides is 1. The second-order valence-corrected chi connectivity index (χ2v) is 7.94. The molecule has 0 heterocycles. The molecule has 1 N–H and O–H groups in total. The van der Waals surface area contributed by atoms with Gasteiger partial charge in [-0.1, -0.05) is 18.2 Å². The molecule has 8 heteroatoms. The molecule has 0 aromatic heterocycles. The molecule has 0 aliphatic carbocycles. The number of anilines is 1. The van der Waals surface area contributed by atoms with E-state index in [1.807, 2.05) is 19.1 Å². The lowest BCUT2D eigenvalue weighted by molar-refractivity contribution is -0.120. The minimum Gasteiger partial charge on any atom is -0.497 e. The number of nitrogens with zero attached hydrogens (tertiary/aromatic N) is 1. The van der Waals surface area contributed by atoms with Crippen molar-refractivity contribution >= 4 is 21.6 Å². The first-order valence-electron chi connectivity index (χ1n) is 8.29. The van der Waals surface area contributed by atoms with Crippen molar-refractivity contribution in [3.63, 3.8) is 0 Å². The first-order chi connectivity index (χ1) is 12.7. The SMILES string of the molecule is COc1ccc([C@H](C)NC(=O)CN(c2cccc(OC)c2)S(C)(=O)=O)cc1. The van der Waals surface area contributed by atoms with Crippen LogP contribution >= 0.6 is 0 Å². The highest BCUT2D eigenvalue weighted by Gasteiger charge is 2.22. The fourth-order valence-corrected chi connectivity index (χ4v) is 3.41. The van der Waals surface area contributed by atoms with Crippen molar-refractivity contribution in [1.82, 2.24) is 5.32 Å². The Morgan fingerprint density at radius 1 is 1.07 bits per heavy atom. The predicted octanol–water partition coefficient (Wildman–Crippen LogP) is 2.35.